The fourth-order valence-electron chi connectivity index (χ4n) is 1.93. The normalized spacial score (nSPS) is 10.4. The van der Waals surface area contributed by atoms with E-state index in [1.807, 2.05) is 37.3 Å². The van der Waals surface area contributed by atoms with Gasteiger partial charge in [0, 0.05) is 6.07 Å². The molecule has 0 fully saturated rings. The molecule has 0 saturated carbocycles. The predicted molar refractivity (Wildman–Crippen MR) is 76.5 cm³/mol. The first-order chi connectivity index (χ1) is 9.72. The molecule has 1 heterocycles. The van der Waals surface area contributed by atoms with Crippen molar-refractivity contribution in [3.63, 3.8) is 0 Å². The number of ether oxygens (including phenoxy) is 1. The first-order valence-electron chi connectivity index (χ1n) is 6.30. The van der Waals surface area contributed by atoms with E-state index in [9.17, 15) is 5.11 Å². The van der Waals surface area contributed by atoms with Crippen molar-refractivity contribution in [2.75, 3.05) is 0 Å². The van der Waals surface area contributed by atoms with Crippen molar-refractivity contribution in [2.24, 2.45) is 0 Å². The van der Waals surface area contributed by atoms with E-state index in [-0.39, 0.29) is 5.75 Å². The Kier molecular flexibility index (Phi) is 3.13. The van der Waals surface area contributed by atoms with Gasteiger partial charge in [-0.1, -0.05) is 24.3 Å². The molecule has 100 valence electrons. The van der Waals surface area contributed by atoms with Crippen LogP contribution in [0, 0.1) is 6.92 Å². The number of phenols is 1. The molecule has 0 unspecified atom stereocenters. The summed E-state index contributed by atoms with van der Waals surface area (Å²) in [4.78, 5) is 0. The molecule has 0 saturated heterocycles. The minimum atomic E-state index is 0.208. The Morgan fingerprint density at radius 1 is 1.10 bits per heavy atom. The van der Waals surface area contributed by atoms with Crippen molar-refractivity contribution in [3.05, 3.63) is 66.5 Å². The summed E-state index contributed by atoms with van der Waals surface area (Å²) in [5.74, 6) is 1.67. The summed E-state index contributed by atoms with van der Waals surface area (Å²) in [5.41, 5.74) is 1.85. The SMILES string of the molecule is Cc1ccccc1Oc1cnn(-c2cccc(O)c2)c1. The average molecular weight is 266 g/mol. The number of para-hydroxylation sites is 1. The van der Waals surface area contributed by atoms with Crippen molar-refractivity contribution in [2.45, 2.75) is 6.92 Å². The monoisotopic (exact) mass is 266 g/mol. The predicted octanol–water partition coefficient (Wildman–Crippen LogP) is 3.68. The Labute approximate surface area is 116 Å². The average Bonchev–Trinajstić information content (AvgIpc) is 2.90. The summed E-state index contributed by atoms with van der Waals surface area (Å²) in [6, 6.07) is 14.7. The van der Waals surface area contributed by atoms with Gasteiger partial charge in [-0.05, 0) is 30.7 Å². The second kappa shape index (κ2) is 5.09. The highest BCUT2D eigenvalue weighted by Crippen LogP contribution is 2.25. The maximum atomic E-state index is 9.48. The molecule has 4 nitrogen and oxygen atoms in total. The van der Waals surface area contributed by atoms with Crippen LogP contribution in [0.25, 0.3) is 5.69 Å². The number of phenolic OH excluding ortho intramolecular Hbond substituents is 1. The van der Waals surface area contributed by atoms with Crippen LogP contribution >= 0.6 is 0 Å². The third-order valence-corrected chi connectivity index (χ3v) is 2.97. The smallest absolute Gasteiger partial charge is 0.165 e. The van der Waals surface area contributed by atoms with E-state index in [1.54, 1.807) is 35.3 Å². The van der Waals surface area contributed by atoms with Gasteiger partial charge in [0.05, 0.1) is 18.1 Å². The van der Waals surface area contributed by atoms with Crippen LogP contribution in [-0.2, 0) is 0 Å². The molecule has 1 aromatic heterocycles. The molecule has 0 aliphatic carbocycles. The molecular formula is C16H14N2O2. The molecular weight excluding hydrogens is 252 g/mol. The summed E-state index contributed by atoms with van der Waals surface area (Å²) in [6.45, 7) is 2.00. The first-order valence-corrected chi connectivity index (χ1v) is 6.30. The lowest BCUT2D eigenvalue weighted by Gasteiger charge is -2.05. The van der Waals surface area contributed by atoms with Gasteiger partial charge in [-0.2, -0.15) is 5.10 Å². The van der Waals surface area contributed by atoms with Crippen LogP contribution in [0.5, 0.6) is 17.2 Å². The van der Waals surface area contributed by atoms with Gasteiger partial charge in [0.2, 0.25) is 0 Å². The summed E-state index contributed by atoms with van der Waals surface area (Å²) >= 11 is 0. The lowest BCUT2D eigenvalue weighted by atomic mass is 10.2. The van der Waals surface area contributed by atoms with Crippen LogP contribution in [0.1, 0.15) is 5.56 Å². The number of aromatic hydroxyl groups is 1. The van der Waals surface area contributed by atoms with Crippen molar-refractivity contribution >= 4 is 0 Å². The minimum absolute atomic E-state index is 0.208. The molecule has 0 aliphatic rings. The lowest BCUT2D eigenvalue weighted by molar-refractivity contribution is 0.474. The Hall–Kier alpha value is -2.75. The first kappa shape index (κ1) is 12.3. The fraction of sp³-hybridized carbons (Fsp3) is 0.0625. The van der Waals surface area contributed by atoms with Gasteiger partial charge in [-0.25, -0.2) is 4.68 Å². The van der Waals surface area contributed by atoms with Crippen LogP contribution in [-0.4, -0.2) is 14.9 Å². The van der Waals surface area contributed by atoms with Gasteiger partial charge in [0.15, 0.2) is 5.75 Å². The van der Waals surface area contributed by atoms with Crippen LogP contribution in [0.3, 0.4) is 0 Å². The van der Waals surface area contributed by atoms with E-state index in [2.05, 4.69) is 5.10 Å². The molecule has 0 amide bonds. The zero-order valence-electron chi connectivity index (χ0n) is 11.0. The molecule has 3 aromatic rings. The van der Waals surface area contributed by atoms with E-state index in [0.717, 1.165) is 17.0 Å². The second-order valence-electron chi connectivity index (χ2n) is 4.51. The number of benzene rings is 2. The molecule has 0 bridgehead atoms. The topological polar surface area (TPSA) is 47.3 Å². The molecule has 0 atom stereocenters. The molecule has 0 radical (unpaired) electrons. The molecule has 4 heteroatoms. The Balaban J connectivity index is 1.86. The minimum Gasteiger partial charge on any atom is -0.508 e. The van der Waals surface area contributed by atoms with Gasteiger partial charge in [0.25, 0.3) is 0 Å². The largest absolute Gasteiger partial charge is 0.508 e. The van der Waals surface area contributed by atoms with E-state index in [1.165, 1.54) is 0 Å². The number of hydrogen-bond acceptors (Lipinski definition) is 3. The van der Waals surface area contributed by atoms with E-state index in [0.29, 0.717) is 5.75 Å². The number of nitrogens with zero attached hydrogens (tertiary/aromatic N) is 2. The van der Waals surface area contributed by atoms with Crippen LogP contribution in [0.15, 0.2) is 60.9 Å². The Morgan fingerprint density at radius 2 is 1.95 bits per heavy atom. The number of aromatic nitrogens is 2. The maximum absolute atomic E-state index is 9.48. The third-order valence-electron chi connectivity index (χ3n) is 2.97. The summed E-state index contributed by atoms with van der Waals surface area (Å²) in [7, 11) is 0. The van der Waals surface area contributed by atoms with Gasteiger partial charge in [0.1, 0.15) is 11.5 Å². The molecule has 1 N–H and O–H groups in total. The standard InChI is InChI=1S/C16H14N2O2/c1-12-5-2-3-8-16(12)20-15-10-17-18(11-15)13-6-4-7-14(19)9-13/h2-11,19H,1H3. The Morgan fingerprint density at radius 3 is 2.75 bits per heavy atom. The highest BCUT2D eigenvalue weighted by Gasteiger charge is 2.05. The zero-order chi connectivity index (χ0) is 13.9. The summed E-state index contributed by atoms with van der Waals surface area (Å²) in [5, 5.41) is 13.7. The van der Waals surface area contributed by atoms with Gasteiger partial charge in [-0.3, -0.25) is 0 Å². The maximum Gasteiger partial charge on any atom is 0.165 e. The van der Waals surface area contributed by atoms with Gasteiger partial charge < -0.3 is 9.84 Å². The second-order valence-corrected chi connectivity index (χ2v) is 4.51. The molecule has 20 heavy (non-hydrogen) atoms. The van der Waals surface area contributed by atoms with Crippen molar-refractivity contribution in [1.29, 1.82) is 0 Å². The van der Waals surface area contributed by atoms with Crippen LogP contribution in [0.2, 0.25) is 0 Å². The van der Waals surface area contributed by atoms with E-state index < -0.39 is 0 Å². The number of hydrogen-bond donors (Lipinski definition) is 1. The lowest BCUT2D eigenvalue weighted by Crippen LogP contribution is -1.93. The third kappa shape index (κ3) is 2.49. The highest BCUT2D eigenvalue weighted by atomic mass is 16.5. The van der Waals surface area contributed by atoms with Gasteiger partial charge in [-0.15, -0.1) is 0 Å². The summed E-state index contributed by atoms with van der Waals surface area (Å²) in [6.07, 6.45) is 3.43. The number of aryl methyl sites for hydroxylation is 1. The van der Waals surface area contributed by atoms with Crippen LogP contribution < -0.4 is 4.74 Å². The molecule has 3 rings (SSSR count). The van der Waals surface area contributed by atoms with Crippen molar-refractivity contribution < 1.29 is 9.84 Å². The summed E-state index contributed by atoms with van der Waals surface area (Å²) < 4.78 is 7.46. The number of rotatable bonds is 3. The van der Waals surface area contributed by atoms with E-state index in [4.69, 9.17) is 4.74 Å². The van der Waals surface area contributed by atoms with Crippen molar-refractivity contribution in [3.8, 4) is 22.9 Å². The quantitative estimate of drug-likeness (QED) is 0.786. The van der Waals surface area contributed by atoms with Crippen LogP contribution in [0.4, 0.5) is 0 Å². The highest BCUT2D eigenvalue weighted by molar-refractivity contribution is 5.40. The van der Waals surface area contributed by atoms with E-state index >= 15 is 0 Å². The molecule has 2 aromatic carbocycles. The zero-order valence-corrected chi connectivity index (χ0v) is 11.0. The van der Waals surface area contributed by atoms with Gasteiger partial charge >= 0.3 is 0 Å². The fourth-order valence-corrected chi connectivity index (χ4v) is 1.93. The Bertz CT molecular complexity index is 735. The molecule has 0 aliphatic heterocycles. The molecule has 0 spiro atoms. The van der Waals surface area contributed by atoms with Crippen molar-refractivity contribution in [1.82, 2.24) is 9.78 Å².